The second kappa shape index (κ2) is 14.8. The average molecular weight is 789 g/mol. The first-order valence-corrected chi connectivity index (χ1v) is 21.3. The van der Waals surface area contributed by atoms with E-state index in [-0.39, 0.29) is 0 Å². The predicted octanol–water partition coefficient (Wildman–Crippen LogP) is 16.7. The minimum absolute atomic E-state index is 1.10. The standard InChI is InChI=1S/C60H40N2/c1-3-18-43-38-46(34-32-41(43)16-1)49-36-37-60(53-25-6-5-24-52(49)53)62(57-29-12-8-23-51(57)47-35-33-42-17-2-4-19-44(42)39-47)56-28-11-7-22-50(56)45-20-15-21-48(40-45)61-58-30-13-9-26-54(58)55-27-10-14-31-59(55)61/h1-40H. The van der Waals surface area contributed by atoms with Crippen LogP contribution in [0, 0.1) is 0 Å². The topological polar surface area (TPSA) is 8.17 Å². The largest absolute Gasteiger partial charge is 0.309 e. The molecule has 1 aromatic heterocycles. The van der Waals surface area contributed by atoms with Crippen molar-refractivity contribution < 1.29 is 0 Å². The molecule has 12 aromatic rings. The number of hydrogen-bond donors (Lipinski definition) is 0. The van der Waals surface area contributed by atoms with Crippen LogP contribution in [-0.4, -0.2) is 4.57 Å². The van der Waals surface area contributed by atoms with Gasteiger partial charge in [0.15, 0.2) is 0 Å². The molecule has 0 unspecified atom stereocenters. The van der Waals surface area contributed by atoms with Crippen molar-refractivity contribution in [3.63, 3.8) is 0 Å². The molecule has 62 heavy (non-hydrogen) atoms. The van der Waals surface area contributed by atoms with Crippen molar-refractivity contribution in [2.45, 2.75) is 0 Å². The van der Waals surface area contributed by atoms with E-state index in [1.807, 2.05) is 0 Å². The second-order valence-electron chi connectivity index (χ2n) is 16.1. The molecule has 0 N–H and O–H groups in total. The summed E-state index contributed by atoms with van der Waals surface area (Å²) >= 11 is 0. The Morgan fingerprint density at radius 1 is 0.258 bits per heavy atom. The molecular weight excluding hydrogens is 749 g/mol. The lowest BCUT2D eigenvalue weighted by Gasteiger charge is -2.31. The number of rotatable bonds is 7. The maximum Gasteiger partial charge on any atom is 0.0541 e. The fourth-order valence-corrected chi connectivity index (χ4v) is 9.67. The number of anilines is 3. The Morgan fingerprint density at radius 2 is 0.726 bits per heavy atom. The third kappa shape index (κ3) is 5.96. The van der Waals surface area contributed by atoms with E-state index in [0.717, 1.165) is 39.4 Å². The van der Waals surface area contributed by atoms with Crippen molar-refractivity contribution >= 4 is 71.2 Å². The Hall–Kier alpha value is -8.20. The van der Waals surface area contributed by atoms with Crippen LogP contribution in [0.5, 0.6) is 0 Å². The smallest absolute Gasteiger partial charge is 0.0541 e. The first kappa shape index (κ1) is 35.7. The Morgan fingerprint density at radius 3 is 1.34 bits per heavy atom. The van der Waals surface area contributed by atoms with Crippen LogP contribution in [0.2, 0.25) is 0 Å². The Balaban J connectivity index is 1.10. The van der Waals surface area contributed by atoms with E-state index in [4.69, 9.17) is 0 Å². The van der Waals surface area contributed by atoms with Crippen molar-refractivity contribution in [1.29, 1.82) is 0 Å². The molecule has 0 fully saturated rings. The van der Waals surface area contributed by atoms with Gasteiger partial charge < -0.3 is 9.47 Å². The highest BCUT2D eigenvalue weighted by molar-refractivity contribution is 6.11. The van der Waals surface area contributed by atoms with Gasteiger partial charge in [0.1, 0.15) is 0 Å². The lowest BCUT2D eigenvalue weighted by atomic mass is 9.93. The number of hydrogen-bond acceptors (Lipinski definition) is 1. The molecule has 0 aliphatic heterocycles. The highest BCUT2D eigenvalue weighted by atomic mass is 15.1. The zero-order chi connectivity index (χ0) is 41.0. The average Bonchev–Trinajstić information content (AvgIpc) is 3.68. The lowest BCUT2D eigenvalue weighted by molar-refractivity contribution is 1.18. The zero-order valence-electron chi connectivity index (χ0n) is 34.0. The zero-order valence-corrected chi connectivity index (χ0v) is 34.0. The van der Waals surface area contributed by atoms with Crippen LogP contribution in [0.15, 0.2) is 243 Å². The minimum Gasteiger partial charge on any atom is -0.309 e. The fourth-order valence-electron chi connectivity index (χ4n) is 9.67. The first-order valence-electron chi connectivity index (χ1n) is 21.3. The molecule has 0 saturated heterocycles. The summed E-state index contributed by atoms with van der Waals surface area (Å²) in [7, 11) is 0. The molecule has 0 bridgehead atoms. The van der Waals surface area contributed by atoms with Gasteiger partial charge in [-0.3, -0.25) is 0 Å². The molecule has 0 aliphatic carbocycles. The highest BCUT2D eigenvalue weighted by Crippen LogP contribution is 2.48. The van der Waals surface area contributed by atoms with Crippen molar-refractivity contribution in [3.8, 4) is 39.1 Å². The van der Waals surface area contributed by atoms with Gasteiger partial charge in [0.25, 0.3) is 0 Å². The van der Waals surface area contributed by atoms with Gasteiger partial charge in [0.05, 0.1) is 28.1 Å². The molecular formula is C60H40N2. The molecule has 290 valence electrons. The Kier molecular flexibility index (Phi) is 8.53. The number of fused-ring (bicyclic) bond motifs is 6. The molecule has 1 heterocycles. The number of para-hydroxylation sites is 4. The molecule has 0 amide bonds. The lowest BCUT2D eigenvalue weighted by Crippen LogP contribution is -2.13. The minimum atomic E-state index is 1.10. The molecule has 0 spiro atoms. The van der Waals surface area contributed by atoms with Gasteiger partial charge >= 0.3 is 0 Å². The molecule has 2 heteroatoms. The maximum atomic E-state index is 2.50. The maximum absolute atomic E-state index is 2.50. The SMILES string of the molecule is c1cc(-c2ccccc2N(c2ccccc2-c2ccc3ccccc3c2)c2ccc(-c3ccc4ccccc4c3)c3ccccc23)cc(-n2c3ccccc3c3ccccc32)c1. The van der Waals surface area contributed by atoms with Gasteiger partial charge in [-0.25, -0.2) is 0 Å². The summed E-state index contributed by atoms with van der Waals surface area (Å²) in [6.07, 6.45) is 0. The summed E-state index contributed by atoms with van der Waals surface area (Å²) in [6.45, 7) is 0. The summed E-state index contributed by atoms with van der Waals surface area (Å²) in [5.74, 6) is 0. The van der Waals surface area contributed by atoms with Crippen LogP contribution in [0.3, 0.4) is 0 Å². The van der Waals surface area contributed by atoms with E-state index in [1.54, 1.807) is 0 Å². The van der Waals surface area contributed by atoms with Gasteiger partial charge in [-0.1, -0.05) is 188 Å². The van der Waals surface area contributed by atoms with Gasteiger partial charge in [-0.15, -0.1) is 0 Å². The van der Waals surface area contributed by atoms with Crippen LogP contribution < -0.4 is 4.90 Å². The molecule has 0 atom stereocenters. The Labute approximate surface area is 360 Å². The van der Waals surface area contributed by atoms with E-state index < -0.39 is 0 Å². The summed E-state index contributed by atoms with van der Waals surface area (Å²) in [5.41, 5.74) is 13.9. The van der Waals surface area contributed by atoms with Crippen LogP contribution >= 0.6 is 0 Å². The van der Waals surface area contributed by atoms with Gasteiger partial charge in [0.2, 0.25) is 0 Å². The van der Waals surface area contributed by atoms with Crippen LogP contribution in [0.1, 0.15) is 0 Å². The molecule has 2 nitrogen and oxygen atoms in total. The number of benzene rings is 11. The molecule has 12 rings (SSSR count). The van der Waals surface area contributed by atoms with E-state index in [0.29, 0.717) is 0 Å². The highest BCUT2D eigenvalue weighted by Gasteiger charge is 2.23. The van der Waals surface area contributed by atoms with Gasteiger partial charge in [-0.2, -0.15) is 0 Å². The third-order valence-electron chi connectivity index (χ3n) is 12.5. The number of nitrogens with zero attached hydrogens (tertiary/aromatic N) is 2. The van der Waals surface area contributed by atoms with E-state index in [1.165, 1.54) is 70.8 Å². The summed E-state index contributed by atoms with van der Waals surface area (Å²) in [5, 5.41) is 9.83. The molecule has 11 aromatic carbocycles. The molecule has 0 aliphatic rings. The van der Waals surface area contributed by atoms with Crippen LogP contribution in [0.25, 0.3) is 93.2 Å². The normalized spacial score (nSPS) is 11.5. The van der Waals surface area contributed by atoms with Crippen molar-refractivity contribution in [1.82, 2.24) is 4.57 Å². The van der Waals surface area contributed by atoms with Gasteiger partial charge in [0, 0.05) is 33.0 Å². The quantitative estimate of drug-likeness (QED) is 0.156. The second-order valence-corrected chi connectivity index (χ2v) is 16.1. The van der Waals surface area contributed by atoms with Crippen LogP contribution in [0.4, 0.5) is 17.1 Å². The Bertz CT molecular complexity index is 3610. The van der Waals surface area contributed by atoms with E-state index in [9.17, 15) is 0 Å². The molecule has 0 saturated carbocycles. The molecule has 0 radical (unpaired) electrons. The van der Waals surface area contributed by atoms with Gasteiger partial charge in [-0.05, 0) is 104 Å². The van der Waals surface area contributed by atoms with E-state index >= 15 is 0 Å². The summed E-state index contributed by atoms with van der Waals surface area (Å²) in [4.78, 5) is 2.50. The fraction of sp³-hybridized carbons (Fsp3) is 0. The van der Waals surface area contributed by atoms with Crippen LogP contribution in [-0.2, 0) is 0 Å². The van der Waals surface area contributed by atoms with E-state index in [2.05, 4.69) is 252 Å². The van der Waals surface area contributed by atoms with Crippen molar-refractivity contribution in [2.24, 2.45) is 0 Å². The number of aromatic nitrogens is 1. The third-order valence-corrected chi connectivity index (χ3v) is 12.5. The van der Waals surface area contributed by atoms with Crippen molar-refractivity contribution in [3.05, 3.63) is 243 Å². The first-order chi connectivity index (χ1) is 30.8. The summed E-state index contributed by atoms with van der Waals surface area (Å²) in [6, 6.07) is 88.7. The summed E-state index contributed by atoms with van der Waals surface area (Å²) < 4.78 is 2.41. The monoisotopic (exact) mass is 788 g/mol. The predicted molar refractivity (Wildman–Crippen MR) is 264 cm³/mol. The van der Waals surface area contributed by atoms with Crippen molar-refractivity contribution in [2.75, 3.05) is 4.90 Å².